The summed E-state index contributed by atoms with van der Waals surface area (Å²) in [4.78, 5) is 10.3. The molecule has 0 N–H and O–H groups in total. The molecule has 0 spiro atoms. The molecule has 0 radical (unpaired) electrons. The highest BCUT2D eigenvalue weighted by molar-refractivity contribution is 7.87. The Hall–Kier alpha value is -2.34. The molecule has 0 saturated heterocycles. The number of nitrogens with zero attached hydrogens (tertiary/aromatic N) is 1. The van der Waals surface area contributed by atoms with Gasteiger partial charge in [-0.25, -0.2) is 0 Å². The lowest BCUT2D eigenvalue weighted by Crippen LogP contribution is -2.56. The van der Waals surface area contributed by atoms with E-state index in [9.17, 15) is 26.9 Å². The maximum Gasteiger partial charge on any atom is 0.297 e. The Balaban J connectivity index is 1.29. The predicted molar refractivity (Wildman–Crippen MR) is 125 cm³/mol. The molecule has 0 aromatic heterocycles. The van der Waals surface area contributed by atoms with Crippen LogP contribution < -0.4 is 0 Å². The topological polar surface area (TPSA) is 130 Å². The zero-order valence-electron chi connectivity index (χ0n) is 19.2. The van der Waals surface area contributed by atoms with Gasteiger partial charge in [0.25, 0.3) is 25.9 Å². The molecule has 9 nitrogen and oxygen atoms in total. The summed E-state index contributed by atoms with van der Waals surface area (Å²) in [5.74, 6) is 0.361. The lowest BCUT2D eigenvalue weighted by atomic mass is 9.49. The van der Waals surface area contributed by atoms with Gasteiger partial charge in [-0.3, -0.25) is 18.5 Å². The third-order valence-corrected chi connectivity index (χ3v) is 10.3. The zero-order chi connectivity index (χ0) is 25.0. The fourth-order valence-electron chi connectivity index (χ4n) is 6.39. The predicted octanol–water partition coefficient (Wildman–Crippen LogP) is 4.21. The summed E-state index contributed by atoms with van der Waals surface area (Å²) in [5, 5.41) is 10.9. The molecule has 188 valence electrons. The Bertz CT molecular complexity index is 1320. The first-order valence-electron chi connectivity index (χ1n) is 11.6. The molecule has 2 aromatic carbocycles. The third kappa shape index (κ3) is 4.74. The molecule has 2 unspecified atom stereocenters. The standard InChI is InChI=1S/C24H27NO8S2/c1-16-2-6-21(7-3-16)34(28,29)32-15-24-12-17-10-18(13-24)23(19(11-17)14-24)33-35(30,31)22-8-4-20(5-9-22)25(26)27/h2-9,17-19,23H,10-15H2,1H3. The van der Waals surface area contributed by atoms with Gasteiger partial charge in [0.2, 0.25) is 0 Å². The quantitative estimate of drug-likeness (QED) is 0.287. The summed E-state index contributed by atoms with van der Waals surface area (Å²) < 4.78 is 62.6. The van der Waals surface area contributed by atoms with E-state index < -0.39 is 31.3 Å². The molecular formula is C24H27NO8S2. The average Bonchev–Trinajstić information content (AvgIpc) is 2.80. The molecule has 0 aliphatic heterocycles. The van der Waals surface area contributed by atoms with Crippen molar-refractivity contribution in [3.63, 3.8) is 0 Å². The Morgan fingerprint density at radius 1 is 0.886 bits per heavy atom. The van der Waals surface area contributed by atoms with Gasteiger partial charge < -0.3 is 0 Å². The van der Waals surface area contributed by atoms with Crippen LogP contribution in [0.3, 0.4) is 0 Å². The van der Waals surface area contributed by atoms with E-state index in [1.54, 1.807) is 12.1 Å². The second kappa shape index (κ2) is 8.65. The highest BCUT2D eigenvalue weighted by atomic mass is 32.2. The van der Waals surface area contributed by atoms with E-state index >= 15 is 0 Å². The van der Waals surface area contributed by atoms with Crippen molar-refractivity contribution in [3.05, 3.63) is 64.2 Å². The van der Waals surface area contributed by atoms with Gasteiger partial charge in [-0.1, -0.05) is 17.7 Å². The first-order valence-corrected chi connectivity index (χ1v) is 14.4. The van der Waals surface area contributed by atoms with E-state index in [4.69, 9.17) is 8.37 Å². The Morgan fingerprint density at radius 2 is 1.43 bits per heavy atom. The molecule has 6 rings (SSSR count). The van der Waals surface area contributed by atoms with E-state index in [0.29, 0.717) is 18.8 Å². The van der Waals surface area contributed by atoms with Gasteiger partial charge in [-0.15, -0.1) is 0 Å². The third-order valence-electron chi connectivity index (χ3n) is 7.72. The molecule has 4 fully saturated rings. The van der Waals surface area contributed by atoms with Crippen LogP contribution in [-0.4, -0.2) is 34.5 Å². The fraction of sp³-hybridized carbons (Fsp3) is 0.500. The Morgan fingerprint density at radius 3 is 2.00 bits per heavy atom. The van der Waals surface area contributed by atoms with Gasteiger partial charge in [0.1, 0.15) is 0 Å². The maximum atomic E-state index is 12.9. The number of hydrogen-bond donors (Lipinski definition) is 0. The van der Waals surface area contributed by atoms with Crippen molar-refractivity contribution in [1.29, 1.82) is 0 Å². The molecular weight excluding hydrogens is 494 g/mol. The number of benzene rings is 2. The molecule has 4 bridgehead atoms. The number of nitro benzene ring substituents is 1. The van der Waals surface area contributed by atoms with E-state index in [1.807, 2.05) is 6.92 Å². The first kappa shape index (κ1) is 24.4. The van der Waals surface area contributed by atoms with Crippen molar-refractivity contribution in [3.8, 4) is 0 Å². The molecule has 4 aliphatic carbocycles. The molecule has 11 heteroatoms. The van der Waals surface area contributed by atoms with Crippen molar-refractivity contribution in [1.82, 2.24) is 0 Å². The second-order valence-electron chi connectivity index (χ2n) is 10.3. The van der Waals surface area contributed by atoms with Crippen molar-refractivity contribution in [2.45, 2.75) is 54.9 Å². The monoisotopic (exact) mass is 521 g/mol. The normalized spacial score (nSPS) is 29.9. The largest absolute Gasteiger partial charge is 0.297 e. The van der Waals surface area contributed by atoms with E-state index in [2.05, 4.69) is 0 Å². The van der Waals surface area contributed by atoms with E-state index in [0.717, 1.165) is 37.0 Å². The molecule has 2 atom stereocenters. The molecule has 35 heavy (non-hydrogen) atoms. The highest BCUT2D eigenvalue weighted by Crippen LogP contribution is 2.61. The maximum absolute atomic E-state index is 12.9. The van der Waals surface area contributed by atoms with E-state index in [-0.39, 0.29) is 39.3 Å². The van der Waals surface area contributed by atoms with Crippen LogP contribution in [0.2, 0.25) is 0 Å². The lowest BCUT2D eigenvalue weighted by molar-refractivity contribution is -0.384. The van der Waals surface area contributed by atoms with Crippen molar-refractivity contribution < 1.29 is 30.1 Å². The first-order chi connectivity index (χ1) is 16.5. The number of nitro groups is 1. The van der Waals surface area contributed by atoms with Crippen LogP contribution in [0.4, 0.5) is 5.69 Å². The summed E-state index contributed by atoms with van der Waals surface area (Å²) in [5.41, 5.74) is 0.450. The minimum atomic E-state index is -4.09. The fourth-order valence-corrected chi connectivity index (χ4v) is 8.59. The van der Waals surface area contributed by atoms with Crippen molar-refractivity contribution >= 4 is 25.9 Å². The van der Waals surface area contributed by atoms with Crippen LogP contribution in [0.25, 0.3) is 0 Å². The molecule has 0 amide bonds. The number of rotatable bonds is 8. The van der Waals surface area contributed by atoms with Gasteiger partial charge in [-0.2, -0.15) is 16.8 Å². The lowest BCUT2D eigenvalue weighted by Gasteiger charge is -2.59. The minimum Gasteiger partial charge on any atom is -0.266 e. The van der Waals surface area contributed by atoms with Crippen LogP contribution in [0.5, 0.6) is 0 Å². The SMILES string of the molecule is Cc1ccc(S(=O)(=O)OCC23CC4CC(C2)C(OS(=O)(=O)c2ccc([N+](=O)[O-])cc2)C(C4)C3)cc1. The molecule has 4 aliphatic rings. The van der Waals surface area contributed by atoms with Gasteiger partial charge in [0.05, 0.1) is 27.4 Å². The second-order valence-corrected chi connectivity index (χ2v) is 13.5. The summed E-state index contributed by atoms with van der Waals surface area (Å²) in [6.45, 7) is 1.96. The molecule has 0 heterocycles. The summed E-state index contributed by atoms with van der Waals surface area (Å²) >= 11 is 0. The molecule has 2 aromatic rings. The zero-order valence-corrected chi connectivity index (χ0v) is 20.8. The van der Waals surface area contributed by atoms with Gasteiger partial charge in [0, 0.05) is 12.1 Å². The average molecular weight is 522 g/mol. The smallest absolute Gasteiger partial charge is 0.266 e. The van der Waals surface area contributed by atoms with Gasteiger partial charge in [0.15, 0.2) is 0 Å². The van der Waals surface area contributed by atoms with Gasteiger partial charge >= 0.3 is 0 Å². The van der Waals surface area contributed by atoms with E-state index in [1.165, 1.54) is 24.3 Å². The number of aryl methyl sites for hydroxylation is 1. The van der Waals surface area contributed by atoms with Crippen LogP contribution in [-0.2, 0) is 28.6 Å². The Kier molecular flexibility index (Phi) is 6.02. The Labute approximate surface area is 204 Å². The van der Waals surface area contributed by atoms with Gasteiger partial charge in [-0.05, 0) is 86.5 Å². The highest BCUT2D eigenvalue weighted by Gasteiger charge is 2.57. The van der Waals surface area contributed by atoms with Crippen molar-refractivity contribution in [2.75, 3.05) is 6.61 Å². The van der Waals surface area contributed by atoms with Crippen LogP contribution in [0, 0.1) is 40.2 Å². The summed E-state index contributed by atoms with van der Waals surface area (Å²) in [6, 6.07) is 11.2. The number of hydrogen-bond acceptors (Lipinski definition) is 8. The van der Waals surface area contributed by atoms with Crippen LogP contribution >= 0.6 is 0 Å². The van der Waals surface area contributed by atoms with Crippen LogP contribution in [0.1, 0.15) is 37.7 Å². The minimum absolute atomic E-state index is 0.0141. The summed E-state index contributed by atoms with van der Waals surface area (Å²) in [7, 11) is -7.98. The number of non-ortho nitro benzene ring substituents is 1. The summed E-state index contributed by atoms with van der Waals surface area (Å²) in [6.07, 6.45) is 3.33. The van der Waals surface area contributed by atoms with Crippen molar-refractivity contribution in [2.24, 2.45) is 23.2 Å². The van der Waals surface area contributed by atoms with Crippen LogP contribution in [0.15, 0.2) is 58.3 Å². The molecule has 4 saturated carbocycles.